The second kappa shape index (κ2) is 8.72. The predicted molar refractivity (Wildman–Crippen MR) is 71.3 cm³/mol. The van der Waals surface area contributed by atoms with Crippen LogP contribution in [0.2, 0.25) is 0 Å². The lowest BCUT2D eigenvalue weighted by molar-refractivity contribution is -0.132. The molecule has 0 aromatic carbocycles. The van der Waals surface area contributed by atoms with Crippen LogP contribution in [-0.4, -0.2) is 31.2 Å². The third kappa shape index (κ3) is 5.23. The third-order valence-electron chi connectivity index (χ3n) is 3.33. The first-order valence-electron chi connectivity index (χ1n) is 6.31. The highest BCUT2D eigenvalue weighted by atomic mass is 35.5. The van der Waals surface area contributed by atoms with Gasteiger partial charge < -0.3 is 15.8 Å². The minimum Gasteiger partial charge on any atom is -0.369 e. The summed E-state index contributed by atoms with van der Waals surface area (Å²) in [6.07, 6.45) is 4.24. The molecule has 0 saturated heterocycles. The Morgan fingerprint density at radius 1 is 1.47 bits per heavy atom. The van der Waals surface area contributed by atoms with E-state index < -0.39 is 0 Å². The van der Waals surface area contributed by atoms with Gasteiger partial charge in [0.15, 0.2) is 0 Å². The highest BCUT2D eigenvalue weighted by molar-refractivity contribution is 5.85. The molecule has 102 valence electrons. The first-order chi connectivity index (χ1) is 7.69. The zero-order chi connectivity index (χ0) is 12.0. The van der Waals surface area contributed by atoms with E-state index in [1.165, 1.54) is 12.8 Å². The molecule has 1 amide bonds. The van der Waals surface area contributed by atoms with Gasteiger partial charge in [0.2, 0.25) is 5.91 Å². The Bertz CT molecular complexity index is 227. The van der Waals surface area contributed by atoms with Crippen molar-refractivity contribution in [3.8, 4) is 0 Å². The van der Waals surface area contributed by atoms with Gasteiger partial charge in [-0.3, -0.25) is 4.79 Å². The van der Waals surface area contributed by atoms with Crippen molar-refractivity contribution in [1.82, 2.24) is 5.32 Å². The largest absolute Gasteiger partial charge is 0.369 e. The van der Waals surface area contributed by atoms with Crippen LogP contribution in [0.4, 0.5) is 0 Å². The summed E-state index contributed by atoms with van der Waals surface area (Å²) in [6, 6.07) is 0.245. The van der Waals surface area contributed by atoms with Crippen LogP contribution in [0, 0.1) is 5.92 Å². The van der Waals surface area contributed by atoms with E-state index in [1.54, 1.807) is 6.92 Å². The number of nitrogens with one attached hydrogen (secondary N) is 1. The Morgan fingerprint density at radius 3 is 2.71 bits per heavy atom. The van der Waals surface area contributed by atoms with Crippen LogP contribution in [0.15, 0.2) is 0 Å². The van der Waals surface area contributed by atoms with E-state index in [-0.39, 0.29) is 30.5 Å². The highest BCUT2D eigenvalue weighted by Crippen LogP contribution is 2.23. The minimum absolute atomic E-state index is 0. The molecule has 0 heterocycles. The zero-order valence-electron chi connectivity index (χ0n) is 10.8. The number of hydrogen-bond donors (Lipinski definition) is 2. The fraction of sp³-hybridized carbons (Fsp3) is 0.917. The standard InChI is InChI=1S/C12H24N2O2.ClH/c1-3-16-9(2)12(15)14-11-7-5-4-6-10(11)8-13;/h9-11H,3-8,13H2,1-2H3,(H,14,15);1H. The summed E-state index contributed by atoms with van der Waals surface area (Å²) in [5.74, 6) is 0.429. The predicted octanol–water partition coefficient (Wildman–Crippen LogP) is 1.47. The Morgan fingerprint density at radius 2 is 2.12 bits per heavy atom. The van der Waals surface area contributed by atoms with Gasteiger partial charge in [0.25, 0.3) is 0 Å². The van der Waals surface area contributed by atoms with Crippen LogP contribution in [0.3, 0.4) is 0 Å². The summed E-state index contributed by atoms with van der Waals surface area (Å²) in [6.45, 7) is 4.92. The van der Waals surface area contributed by atoms with Crippen molar-refractivity contribution in [2.45, 2.75) is 51.7 Å². The smallest absolute Gasteiger partial charge is 0.249 e. The Hall–Kier alpha value is -0.320. The zero-order valence-corrected chi connectivity index (χ0v) is 11.6. The van der Waals surface area contributed by atoms with Gasteiger partial charge in [-0.2, -0.15) is 0 Å². The SMILES string of the molecule is CCOC(C)C(=O)NC1CCCCC1CN.Cl. The van der Waals surface area contributed by atoms with Gasteiger partial charge in [-0.05, 0) is 39.2 Å². The van der Waals surface area contributed by atoms with Crippen molar-refractivity contribution in [3.05, 3.63) is 0 Å². The molecular weight excluding hydrogens is 240 g/mol. The van der Waals surface area contributed by atoms with E-state index in [2.05, 4.69) is 5.32 Å². The molecule has 3 unspecified atom stereocenters. The molecule has 17 heavy (non-hydrogen) atoms. The molecule has 1 aliphatic carbocycles. The Labute approximate surface area is 110 Å². The number of halogens is 1. The molecular formula is C12H25ClN2O2. The summed E-state index contributed by atoms with van der Waals surface area (Å²) < 4.78 is 5.27. The van der Waals surface area contributed by atoms with Crippen LogP contribution in [0.1, 0.15) is 39.5 Å². The normalized spacial score (nSPS) is 25.8. The van der Waals surface area contributed by atoms with Crippen molar-refractivity contribution in [1.29, 1.82) is 0 Å². The van der Waals surface area contributed by atoms with Gasteiger partial charge in [-0.25, -0.2) is 0 Å². The number of hydrogen-bond acceptors (Lipinski definition) is 3. The monoisotopic (exact) mass is 264 g/mol. The lowest BCUT2D eigenvalue weighted by Crippen LogP contribution is -2.48. The molecule has 1 aliphatic rings. The number of ether oxygens (including phenoxy) is 1. The van der Waals surface area contributed by atoms with E-state index >= 15 is 0 Å². The molecule has 3 atom stereocenters. The van der Waals surface area contributed by atoms with Crippen LogP contribution in [0.25, 0.3) is 0 Å². The van der Waals surface area contributed by atoms with Crippen molar-refractivity contribution in [2.75, 3.05) is 13.2 Å². The average molecular weight is 265 g/mol. The Balaban J connectivity index is 0.00000256. The lowest BCUT2D eigenvalue weighted by Gasteiger charge is -2.32. The average Bonchev–Trinajstić information content (AvgIpc) is 2.30. The molecule has 3 N–H and O–H groups in total. The van der Waals surface area contributed by atoms with E-state index in [0.717, 1.165) is 12.8 Å². The number of amides is 1. The van der Waals surface area contributed by atoms with Gasteiger partial charge >= 0.3 is 0 Å². The number of rotatable bonds is 5. The second-order valence-corrected chi connectivity index (χ2v) is 4.49. The fourth-order valence-corrected chi connectivity index (χ4v) is 2.31. The molecule has 4 nitrogen and oxygen atoms in total. The van der Waals surface area contributed by atoms with Gasteiger partial charge in [0, 0.05) is 12.6 Å². The van der Waals surface area contributed by atoms with Gasteiger partial charge in [0.05, 0.1) is 0 Å². The summed E-state index contributed by atoms with van der Waals surface area (Å²) >= 11 is 0. The maximum absolute atomic E-state index is 11.8. The molecule has 1 fully saturated rings. The molecule has 0 bridgehead atoms. The summed E-state index contributed by atoms with van der Waals surface area (Å²) in [4.78, 5) is 11.8. The maximum Gasteiger partial charge on any atom is 0.249 e. The van der Waals surface area contributed by atoms with E-state index in [1.807, 2.05) is 6.92 Å². The number of carbonyl (C=O) groups is 1. The summed E-state index contributed by atoms with van der Waals surface area (Å²) in [5.41, 5.74) is 5.72. The van der Waals surface area contributed by atoms with E-state index in [9.17, 15) is 4.79 Å². The van der Waals surface area contributed by atoms with Gasteiger partial charge in [0.1, 0.15) is 6.10 Å². The molecule has 1 rings (SSSR count). The number of nitrogens with two attached hydrogens (primary N) is 1. The fourth-order valence-electron chi connectivity index (χ4n) is 2.31. The van der Waals surface area contributed by atoms with Crippen molar-refractivity contribution in [3.63, 3.8) is 0 Å². The molecule has 0 aromatic rings. The molecule has 0 aliphatic heterocycles. The van der Waals surface area contributed by atoms with Crippen molar-refractivity contribution < 1.29 is 9.53 Å². The van der Waals surface area contributed by atoms with Gasteiger partial charge in [-0.15, -0.1) is 12.4 Å². The van der Waals surface area contributed by atoms with Crippen LogP contribution >= 0.6 is 12.4 Å². The lowest BCUT2D eigenvalue weighted by atomic mass is 9.84. The molecule has 5 heteroatoms. The topological polar surface area (TPSA) is 64.3 Å². The highest BCUT2D eigenvalue weighted by Gasteiger charge is 2.26. The van der Waals surface area contributed by atoms with Crippen LogP contribution in [0.5, 0.6) is 0 Å². The Kier molecular flexibility index (Phi) is 8.56. The molecule has 0 spiro atoms. The molecule has 0 aromatic heterocycles. The maximum atomic E-state index is 11.8. The number of carbonyl (C=O) groups excluding carboxylic acids is 1. The van der Waals surface area contributed by atoms with Crippen molar-refractivity contribution in [2.24, 2.45) is 11.7 Å². The first kappa shape index (κ1) is 16.7. The van der Waals surface area contributed by atoms with Crippen molar-refractivity contribution >= 4 is 18.3 Å². The van der Waals surface area contributed by atoms with E-state index in [0.29, 0.717) is 19.1 Å². The third-order valence-corrected chi connectivity index (χ3v) is 3.33. The first-order valence-corrected chi connectivity index (χ1v) is 6.31. The second-order valence-electron chi connectivity index (χ2n) is 4.49. The van der Waals surface area contributed by atoms with Crippen LogP contribution in [-0.2, 0) is 9.53 Å². The molecule has 1 saturated carbocycles. The molecule has 0 radical (unpaired) electrons. The van der Waals surface area contributed by atoms with Crippen LogP contribution < -0.4 is 11.1 Å². The minimum atomic E-state index is -0.356. The quantitative estimate of drug-likeness (QED) is 0.790. The summed E-state index contributed by atoms with van der Waals surface area (Å²) in [5, 5.41) is 3.06. The summed E-state index contributed by atoms with van der Waals surface area (Å²) in [7, 11) is 0. The van der Waals surface area contributed by atoms with Gasteiger partial charge in [-0.1, -0.05) is 12.8 Å². The van der Waals surface area contributed by atoms with E-state index in [4.69, 9.17) is 10.5 Å².